The summed E-state index contributed by atoms with van der Waals surface area (Å²) < 4.78 is 41.3. The number of unbranched alkanes of at least 4 members (excludes halogenated alkanes) is 2. The van der Waals surface area contributed by atoms with Crippen LogP contribution in [-0.4, -0.2) is 35.3 Å². The molecule has 40 heavy (non-hydrogen) atoms. The zero-order valence-electron chi connectivity index (χ0n) is 24.5. The normalized spacial score (nSPS) is 30.5. The Morgan fingerprint density at radius 3 is 2.08 bits per heavy atom. The van der Waals surface area contributed by atoms with Crippen molar-refractivity contribution < 1.29 is 28.5 Å². The Kier molecular flexibility index (Phi) is 11.9. The van der Waals surface area contributed by atoms with Crippen LogP contribution in [0.3, 0.4) is 0 Å². The standard InChI is InChI=1S/C34H52F2O4/c1-3-4-5-6-25-7-9-26(10-8-25)27-11-17-30(18-12-27)34(35,36)40-32-21-15-29(16-22-32)28-13-19-31(20-14-28)39-33(38)24(2)23-37/h15-16,21-22,25-28,30-31,33,37-38H,2-14,17-20,23H2,1H3. The van der Waals surface area contributed by atoms with Crippen LogP contribution in [0.15, 0.2) is 36.4 Å². The highest BCUT2D eigenvalue weighted by Gasteiger charge is 2.45. The van der Waals surface area contributed by atoms with Gasteiger partial charge in [-0.2, -0.15) is 8.78 Å². The maximum Gasteiger partial charge on any atom is 0.400 e. The molecule has 226 valence electrons. The maximum atomic E-state index is 15.2. The topological polar surface area (TPSA) is 58.9 Å². The summed E-state index contributed by atoms with van der Waals surface area (Å²) in [5, 5.41) is 19.0. The van der Waals surface area contributed by atoms with Crippen LogP contribution in [0, 0.1) is 23.7 Å². The van der Waals surface area contributed by atoms with E-state index >= 15 is 8.78 Å². The first-order chi connectivity index (χ1) is 19.3. The number of benzene rings is 1. The number of hydrogen-bond acceptors (Lipinski definition) is 4. The molecule has 3 aliphatic carbocycles. The molecule has 0 amide bonds. The average Bonchev–Trinajstić information content (AvgIpc) is 2.98. The van der Waals surface area contributed by atoms with Crippen molar-refractivity contribution in [3.63, 3.8) is 0 Å². The predicted molar refractivity (Wildman–Crippen MR) is 155 cm³/mol. The van der Waals surface area contributed by atoms with Crippen LogP contribution in [0.2, 0.25) is 0 Å². The first-order valence-electron chi connectivity index (χ1n) is 16.1. The summed E-state index contributed by atoms with van der Waals surface area (Å²) >= 11 is 0. The zero-order chi connectivity index (χ0) is 28.5. The zero-order valence-corrected chi connectivity index (χ0v) is 24.5. The summed E-state index contributed by atoms with van der Waals surface area (Å²) in [5.74, 6) is 2.09. The molecule has 6 heteroatoms. The van der Waals surface area contributed by atoms with Gasteiger partial charge in [-0.15, -0.1) is 0 Å². The molecule has 3 fully saturated rings. The van der Waals surface area contributed by atoms with Crippen LogP contribution in [0.5, 0.6) is 5.75 Å². The van der Waals surface area contributed by atoms with Gasteiger partial charge in [-0.05, 0) is 106 Å². The molecule has 0 aromatic heterocycles. The molecule has 0 radical (unpaired) electrons. The Morgan fingerprint density at radius 2 is 1.50 bits per heavy atom. The molecule has 0 spiro atoms. The number of alkyl halides is 2. The lowest BCUT2D eigenvalue weighted by Crippen LogP contribution is -2.38. The predicted octanol–water partition coefficient (Wildman–Crippen LogP) is 8.76. The summed E-state index contributed by atoms with van der Waals surface area (Å²) in [6, 6.07) is 7.20. The average molecular weight is 563 g/mol. The van der Waals surface area contributed by atoms with Crippen molar-refractivity contribution in [2.75, 3.05) is 6.61 Å². The molecule has 1 atom stereocenters. The number of rotatable bonds is 13. The van der Waals surface area contributed by atoms with Crippen molar-refractivity contribution in [2.24, 2.45) is 23.7 Å². The molecule has 2 N–H and O–H groups in total. The van der Waals surface area contributed by atoms with Crippen molar-refractivity contribution in [2.45, 2.75) is 134 Å². The highest BCUT2D eigenvalue weighted by molar-refractivity contribution is 5.30. The molecule has 1 aromatic rings. The van der Waals surface area contributed by atoms with Gasteiger partial charge in [0.05, 0.1) is 18.6 Å². The second-order valence-corrected chi connectivity index (χ2v) is 12.9. The Balaban J connectivity index is 1.18. The molecule has 3 saturated carbocycles. The van der Waals surface area contributed by atoms with E-state index in [9.17, 15) is 5.11 Å². The van der Waals surface area contributed by atoms with E-state index in [1.807, 2.05) is 12.1 Å². The van der Waals surface area contributed by atoms with Gasteiger partial charge in [-0.1, -0.05) is 64.2 Å². The van der Waals surface area contributed by atoms with Gasteiger partial charge >= 0.3 is 6.11 Å². The van der Waals surface area contributed by atoms with Crippen LogP contribution in [0.25, 0.3) is 0 Å². The number of aliphatic hydroxyl groups excluding tert-OH is 2. The summed E-state index contributed by atoms with van der Waals surface area (Å²) in [6.07, 6.45) is 12.6. The molecular formula is C34H52F2O4. The number of halogens is 2. The van der Waals surface area contributed by atoms with Crippen LogP contribution in [0.1, 0.15) is 121 Å². The number of hydrogen-bond donors (Lipinski definition) is 2. The van der Waals surface area contributed by atoms with Crippen LogP contribution in [-0.2, 0) is 4.74 Å². The summed E-state index contributed by atoms with van der Waals surface area (Å²) in [5.41, 5.74) is 1.38. The number of ether oxygens (including phenoxy) is 2. The van der Waals surface area contributed by atoms with E-state index in [0.717, 1.165) is 55.9 Å². The SMILES string of the molecule is C=C(CO)C(O)OC1CCC(c2ccc(OC(F)(F)C3CCC(C4CCC(CCCCC)CC4)CC3)cc2)CC1. The largest absolute Gasteiger partial charge is 0.432 e. The van der Waals surface area contributed by atoms with Crippen LogP contribution >= 0.6 is 0 Å². The van der Waals surface area contributed by atoms with Gasteiger partial charge in [0.25, 0.3) is 0 Å². The molecule has 0 bridgehead atoms. The fraction of sp³-hybridized carbons (Fsp3) is 0.765. The molecule has 0 heterocycles. The quantitative estimate of drug-likeness (QED) is 0.143. The molecule has 3 aliphatic rings. The first-order valence-corrected chi connectivity index (χ1v) is 16.1. The van der Waals surface area contributed by atoms with Gasteiger partial charge in [0.2, 0.25) is 0 Å². The molecular weight excluding hydrogens is 510 g/mol. The van der Waals surface area contributed by atoms with E-state index < -0.39 is 18.3 Å². The van der Waals surface area contributed by atoms with Gasteiger partial charge in [-0.25, -0.2) is 0 Å². The fourth-order valence-electron chi connectivity index (χ4n) is 7.50. The molecule has 4 nitrogen and oxygen atoms in total. The Labute approximate surface area is 240 Å². The minimum Gasteiger partial charge on any atom is -0.432 e. The third-order valence-corrected chi connectivity index (χ3v) is 10.2. The number of aliphatic hydroxyl groups is 2. The lowest BCUT2D eigenvalue weighted by molar-refractivity contribution is -0.224. The van der Waals surface area contributed by atoms with Gasteiger partial charge < -0.3 is 19.7 Å². The fourth-order valence-corrected chi connectivity index (χ4v) is 7.50. The molecule has 0 saturated heterocycles. The molecule has 4 rings (SSSR count). The lowest BCUT2D eigenvalue weighted by Gasteiger charge is -2.39. The molecule has 0 aliphatic heterocycles. The van der Waals surface area contributed by atoms with Gasteiger partial charge in [0.1, 0.15) is 5.75 Å². The monoisotopic (exact) mass is 562 g/mol. The first kappa shape index (κ1) is 31.4. The van der Waals surface area contributed by atoms with E-state index in [-0.39, 0.29) is 24.0 Å². The van der Waals surface area contributed by atoms with E-state index in [4.69, 9.17) is 14.6 Å². The Bertz CT molecular complexity index is 880. The summed E-state index contributed by atoms with van der Waals surface area (Å²) in [7, 11) is 0. The molecule has 1 aromatic carbocycles. The van der Waals surface area contributed by atoms with E-state index in [2.05, 4.69) is 13.5 Å². The summed E-state index contributed by atoms with van der Waals surface area (Å²) in [4.78, 5) is 0. The minimum atomic E-state index is -3.14. The van der Waals surface area contributed by atoms with E-state index in [1.54, 1.807) is 12.1 Å². The van der Waals surface area contributed by atoms with Crippen molar-refractivity contribution in [1.82, 2.24) is 0 Å². The smallest absolute Gasteiger partial charge is 0.400 e. The highest BCUT2D eigenvalue weighted by Crippen LogP contribution is 2.46. The third-order valence-electron chi connectivity index (χ3n) is 10.2. The van der Waals surface area contributed by atoms with Crippen LogP contribution in [0.4, 0.5) is 8.78 Å². The van der Waals surface area contributed by atoms with Gasteiger partial charge in [0.15, 0.2) is 6.29 Å². The summed E-state index contributed by atoms with van der Waals surface area (Å²) in [6.45, 7) is 5.57. The third kappa shape index (κ3) is 8.75. The minimum absolute atomic E-state index is 0.0727. The Morgan fingerprint density at radius 1 is 0.900 bits per heavy atom. The van der Waals surface area contributed by atoms with Crippen molar-refractivity contribution >= 4 is 0 Å². The molecule has 1 unspecified atom stereocenters. The Hall–Kier alpha value is -1.50. The van der Waals surface area contributed by atoms with Crippen LogP contribution < -0.4 is 4.74 Å². The van der Waals surface area contributed by atoms with Gasteiger partial charge in [-0.3, -0.25) is 0 Å². The van der Waals surface area contributed by atoms with Crippen molar-refractivity contribution in [3.05, 3.63) is 42.0 Å². The van der Waals surface area contributed by atoms with Crippen molar-refractivity contribution in [3.8, 4) is 5.75 Å². The maximum absolute atomic E-state index is 15.2. The lowest BCUT2D eigenvalue weighted by atomic mass is 9.68. The van der Waals surface area contributed by atoms with E-state index in [1.165, 1.54) is 51.4 Å². The highest BCUT2D eigenvalue weighted by atomic mass is 19.3. The van der Waals surface area contributed by atoms with Gasteiger partial charge in [0, 0.05) is 5.57 Å². The van der Waals surface area contributed by atoms with Crippen molar-refractivity contribution in [1.29, 1.82) is 0 Å². The second kappa shape index (κ2) is 15.1. The second-order valence-electron chi connectivity index (χ2n) is 12.9. The van der Waals surface area contributed by atoms with E-state index in [0.29, 0.717) is 24.7 Å².